The second kappa shape index (κ2) is 14.0. The minimum atomic E-state index is -1.33. The summed E-state index contributed by atoms with van der Waals surface area (Å²) in [5.41, 5.74) is 0.438. The SMILES string of the molecule is O=C(Nc1cc(CCCc2cnc(C(=O)O)c(NC(=O)c3ccc(-n4ccnc4)nn3)c2)cnc1C(=O)O)c1ccc(-n2ccnc2)nn1. The summed E-state index contributed by atoms with van der Waals surface area (Å²) < 4.78 is 3.22. The van der Waals surface area contributed by atoms with Gasteiger partial charge in [0.05, 0.1) is 11.4 Å². The van der Waals surface area contributed by atoms with Crippen LogP contribution in [0.5, 0.6) is 0 Å². The maximum atomic E-state index is 12.9. The monoisotopic (exact) mass is 660 g/mol. The van der Waals surface area contributed by atoms with Crippen molar-refractivity contribution in [1.82, 2.24) is 49.5 Å². The van der Waals surface area contributed by atoms with E-state index in [1.165, 1.54) is 49.3 Å². The van der Waals surface area contributed by atoms with Crippen LogP contribution in [0.2, 0.25) is 0 Å². The molecule has 0 saturated carbocycles. The molecule has 0 bridgehead atoms. The van der Waals surface area contributed by atoms with Gasteiger partial charge in [-0.2, -0.15) is 0 Å². The van der Waals surface area contributed by atoms with Crippen molar-refractivity contribution in [2.24, 2.45) is 0 Å². The Morgan fingerprint density at radius 2 is 1.08 bits per heavy atom. The molecule has 0 aliphatic heterocycles. The van der Waals surface area contributed by atoms with Crippen molar-refractivity contribution in [2.45, 2.75) is 19.3 Å². The van der Waals surface area contributed by atoms with Crippen molar-refractivity contribution in [3.63, 3.8) is 0 Å². The van der Waals surface area contributed by atoms with Crippen LogP contribution < -0.4 is 10.6 Å². The number of hydrogen-bond donors (Lipinski definition) is 4. The highest BCUT2D eigenvalue weighted by Gasteiger charge is 2.19. The predicted octanol–water partition coefficient (Wildman–Crippen LogP) is 2.50. The highest BCUT2D eigenvalue weighted by Crippen LogP contribution is 2.21. The number of imidazole rings is 2. The molecule has 6 rings (SSSR count). The summed E-state index contributed by atoms with van der Waals surface area (Å²) in [7, 11) is 0. The maximum Gasteiger partial charge on any atom is 0.356 e. The highest BCUT2D eigenvalue weighted by atomic mass is 16.4. The normalized spacial score (nSPS) is 10.8. The van der Waals surface area contributed by atoms with E-state index in [9.17, 15) is 29.4 Å². The number of carbonyl (C=O) groups is 4. The van der Waals surface area contributed by atoms with Crippen LogP contribution in [-0.4, -0.2) is 83.4 Å². The average molecular weight is 661 g/mol. The molecule has 0 aromatic carbocycles. The molecule has 0 spiro atoms. The average Bonchev–Trinajstić information content (AvgIpc) is 3.84. The fourth-order valence-corrected chi connectivity index (χ4v) is 4.65. The molecule has 18 nitrogen and oxygen atoms in total. The third kappa shape index (κ3) is 7.43. The molecule has 6 heterocycles. The van der Waals surface area contributed by atoms with Gasteiger partial charge in [-0.1, -0.05) is 0 Å². The second-order valence-corrected chi connectivity index (χ2v) is 10.3. The molecule has 0 aliphatic rings. The first-order chi connectivity index (χ1) is 23.7. The van der Waals surface area contributed by atoms with Crippen molar-refractivity contribution in [3.05, 3.63) is 120 Å². The first-order valence-corrected chi connectivity index (χ1v) is 14.5. The Morgan fingerprint density at radius 3 is 1.43 bits per heavy atom. The van der Waals surface area contributed by atoms with Crippen LogP contribution in [0.1, 0.15) is 59.5 Å². The number of anilines is 2. The molecule has 0 fully saturated rings. The first kappa shape index (κ1) is 31.7. The minimum absolute atomic E-state index is 0.0193. The maximum absolute atomic E-state index is 12.9. The third-order valence-corrected chi connectivity index (χ3v) is 7.03. The number of carbonyl (C=O) groups excluding carboxylic acids is 2. The molecule has 0 atom stereocenters. The molecule has 0 aliphatic carbocycles. The number of hydrogen-bond acceptors (Lipinski definition) is 12. The van der Waals surface area contributed by atoms with Crippen molar-refractivity contribution >= 4 is 35.1 Å². The third-order valence-electron chi connectivity index (χ3n) is 7.03. The highest BCUT2D eigenvalue weighted by molar-refractivity contribution is 6.07. The van der Waals surface area contributed by atoms with Crippen molar-refractivity contribution < 1.29 is 29.4 Å². The summed E-state index contributed by atoms with van der Waals surface area (Å²) in [6.45, 7) is 0. The van der Waals surface area contributed by atoms with E-state index in [1.807, 2.05) is 0 Å². The summed E-state index contributed by atoms with van der Waals surface area (Å²) in [5, 5.41) is 40.2. The van der Waals surface area contributed by atoms with Gasteiger partial charge in [0, 0.05) is 37.2 Å². The number of carboxylic acids is 2. The van der Waals surface area contributed by atoms with E-state index >= 15 is 0 Å². The van der Waals surface area contributed by atoms with Crippen LogP contribution in [0.25, 0.3) is 11.6 Å². The Balaban J connectivity index is 1.11. The van der Waals surface area contributed by atoms with Gasteiger partial charge in [0.25, 0.3) is 11.8 Å². The zero-order valence-corrected chi connectivity index (χ0v) is 25.2. The zero-order chi connectivity index (χ0) is 34.3. The summed E-state index contributed by atoms with van der Waals surface area (Å²) in [6.07, 6.45) is 13.7. The van der Waals surface area contributed by atoms with Crippen LogP contribution >= 0.6 is 0 Å². The fraction of sp³-hybridized carbons (Fsp3) is 0.0968. The van der Waals surface area contributed by atoms with Crippen molar-refractivity contribution in [1.29, 1.82) is 0 Å². The van der Waals surface area contributed by atoms with E-state index in [0.29, 0.717) is 42.0 Å². The van der Waals surface area contributed by atoms with E-state index in [1.54, 1.807) is 46.1 Å². The van der Waals surface area contributed by atoms with Gasteiger partial charge in [-0.25, -0.2) is 29.5 Å². The number of nitrogens with one attached hydrogen (secondary N) is 2. The minimum Gasteiger partial charge on any atom is -0.476 e. The number of amides is 2. The van der Waals surface area contributed by atoms with Gasteiger partial charge in [-0.15, -0.1) is 20.4 Å². The van der Waals surface area contributed by atoms with Crippen LogP contribution in [0.4, 0.5) is 11.4 Å². The van der Waals surface area contributed by atoms with E-state index in [0.717, 1.165) is 0 Å². The van der Waals surface area contributed by atoms with E-state index in [4.69, 9.17) is 0 Å². The molecular formula is C31H24N12O6. The van der Waals surface area contributed by atoms with Gasteiger partial charge in [-0.3, -0.25) is 18.7 Å². The predicted molar refractivity (Wildman–Crippen MR) is 169 cm³/mol. The summed E-state index contributed by atoms with van der Waals surface area (Å²) >= 11 is 0. The Labute approximate surface area is 275 Å². The van der Waals surface area contributed by atoms with E-state index in [-0.39, 0.29) is 34.2 Å². The Morgan fingerprint density at radius 1 is 0.633 bits per heavy atom. The van der Waals surface area contributed by atoms with Crippen LogP contribution in [-0.2, 0) is 12.8 Å². The molecule has 0 unspecified atom stereocenters. The molecule has 0 radical (unpaired) electrons. The number of aromatic carboxylic acids is 2. The van der Waals surface area contributed by atoms with Crippen molar-refractivity contribution in [3.8, 4) is 11.6 Å². The smallest absolute Gasteiger partial charge is 0.356 e. The van der Waals surface area contributed by atoms with Crippen molar-refractivity contribution in [2.75, 3.05) is 10.6 Å². The summed E-state index contributed by atoms with van der Waals surface area (Å²) in [5.74, 6) is -3.13. The van der Waals surface area contributed by atoms with Gasteiger partial charge in [0.15, 0.2) is 34.4 Å². The Kier molecular flexibility index (Phi) is 9.09. The number of nitrogens with zero attached hydrogens (tertiary/aromatic N) is 10. The van der Waals surface area contributed by atoms with E-state index in [2.05, 4.69) is 51.0 Å². The molecule has 244 valence electrons. The summed E-state index contributed by atoms with van der Waals surface area (Å²) in [6, 6.07) is 9.06. The molecule has 6 aromatic rings. The fourth-order valence-electron chi connectivity index (χ4n) is 4.65. The van der Waals surface area contributed by atoms with Crippen LogP contribution in [0, 0.1) is 0 Å². The Bertz CT molecular complexity index is 1980. The van der Waals surface area contributed by atoms with E-state index < -0.39 is 23.8 Å². The number of pyridine rings is 2. The molecule has 2 amide bonds. The lowest BCUT2D eigenvalue weighted by atomic mass is 10.0. The Hall–Kier alpha value is -7.24. The van der Waals surface area contributed by atoms with Gasteiger partial charge < -0.3 is 20.8 Å². The molecule has 6 aromatic heterocycles. The number of aryl methyl sites for hydroxylation is 2. The lowest BCUT2D eigenvalue weighted by molar-refractivity contribution is 0.0680. The van der Waals surface area contributed by atoms with Gasteiger partial charge >= 0.3 is 11.9 Å². The zero-order valence-electron chi connectivity index (χ0n) is 25.2. The lowest BCUT2D eigenvalue weighted by Gasteiger charge is -2.11. The molecular weight excluding hydrogens is 636 g/mol. The number of aromatic nitrogens is 10. The van der Waals surface area contributed by atoms with Crippen LogP contribution in [0.3, 0.4) is 0 Å². The number of carboxylic acid groups (broad SMARTS) is 2. The lowest BCUT2D eigenvalue weighted by Crippen LogP contribution is -2.18. The molecule has 0 saturated heterocycles. The number of rotatable bonds is 12. The standard InChI is InChI=1S/C31H24N12O6/c44-28(20-4-6-24(40-38-20)42-10-8-32-16-42)36-22-12-18(14-34-26(22)30(46)47)2-1-3-19-13-23(27(31(48)49)35-15-19)37-29(45)21-5-7-25(41-39-21)43-11-9-33-17-43/h4-17H,1-3H2,(H,36,44)(H,37,45)(H,46,47)(H,48,49). The molecule has 18 heteroatoms. The second-order valence-electron chi connectivity index (χ2n) is 10.3. The molecule has 49 heavy (non-hydrogen) atoms. The quantitative estimate of drug-likeness (QED) is 0.147. The van der Waals surface area contributed by atoms with Gasteiger partial charge in [0.2, 0.25) is 0 Å². The van der Waals surface area contributed by atoms with Gasteiger partial charge in [0.1, 0.15) is 12.7 Å². The van der Waals surface area contributed by atoms with Crippen LogP contribution in [0.15, 0.2) is 86.2 Å². The molecule has 4 N–H and O–H groups in total. The largest absolute Gasteiger partial charge is 0.476 e. The summed E-state index contributed by atoms with van der Waals surface area (Å²) in [4.78, 5) is 65.4. The first-order valence-electron chi connectivity index (χ1n) is 14.5. The topological polar surface area (TPSA) is 246 Å². The van der Waals surface area contributed by atoms with Gasteiger partial charge in [-0.05, 0) is 66.8 Å².